The molecule has 0 saturated carbocycles. The van der Waals surface area contributed by atoms with E-state index in [0.717, 1.165) is 29.7 Å². The monoisotopic (exact) mass is 325 g/mol. The number of fused-ring (bicyclic) bond motifs is 1. The van der Waals surface area contributed by atoms with E-state index in [0.29, 0.717) is 23.8 Å². The number of imidazole rings is 1. The number of carbonyl (C=O) groups excluding carboxylic acids is 1. The van der Waals surface area contributed by atoms with E-state index in [-0.39, 0.29) is 11.9 Å². The summed E-state index contributed by atoms with van der Waals surface area (Å²) in [5, 5.41) is 3.99. The number of hydrogen-bond donors (Lipinski definition) is 0. The van der Waals surface area contributed by atoms with Crippen LogP contribution in [0.2, 0.25) is 0 Å². The molecule has 1 fully saturated rings. The number of amides is 1. The van der Waals surface area contributed by atoms with Gasteiger partial charge in [0.15, 0.2) is 5.82 Å². The Morgan fingerprint density at radius 2 is 2.12 bits per heavy atom. The number of aryl methyl sites for hydroxylation is 3. The van der Waals surface area contributed by atoms with Crippen LogP contribution < -0.4 is 0 Å². The van der Waals surface area contributed by atoms with Crippen molar-refractivity contribution in [3.8, 4) is 0 Å². The lowest BCUT2D eigenvalue weighted by molar-refractivity contribution is 0.0728. The van der Waals surface area contributed by atoms with Crippen LogP contribution in [-0.4, -0.2) is 37.0 Å². The highest BCUT2D eigenvalue weighted by Gasteiger charge is 2.33. The maximum atomic E-state index is 13.0. The summed E-state index contributed by atoms with van der Waals surface area (Å²) in [6.07, 6.45) is 1.80. The minimum Gasteiger partial charge on any atom is -0.340 e. The molecular formula is C17H19N5O2. The summed E-state index contributed by atoms with van der Waals surface area (Å²) in [5.41, 5.74) is 2.51. The van der Waals surface area contributed by atoms with E-state index in [1.807, 2.05) is 41.6 Å². The molecule has 24 heavy (non-hydrogen) atoms. The second-order valence-electron chi connectivity index (χ2n) is 6.25. The molecule has 1 aliphatic heterocycles. The average molecular weight is 325 g/mol. The van der Waals surface area contributed by atoms with Crippen molar-refractivity contribution in [1.29, 1.82) is 0 Å². The highest BCUT2D eigenvalue weighted by molar-refractivity contribution is 5.97. The van der Waals surface area contributed by atoms with Crippen LogP contribution in [0.5, 0.6) is 0 Å². The van der Waals surface area contributed by atoms with Crippen molar-refractivity contribution in [3.05, 3.63) is 41.3 Å². The number of hydrogen-bond acceptors (Lipinski definition) is 5. The first-order chi connectivity index (χ1) is 11.5. The molecular weight excluding hydrogens is 306 g/mol. The highest BCUT2D eigenvalue weighted by Crippen LogP contribution is 2.32. The topological polar surface area (TPSA) is 77.1 Å². The highest BCUT2D eigenvalue weighted by atomic mass is 16.5. The predicted octanol–water partition coefficient (Wildman–Crippen LogP) is 2.55. The minimum atomic E-state index is -0.115. The summed E-state index contributed by atoms with van der Waals surface area (Å²) >= 11 is 0. The van der Waals surface area contributed by atoms with Crippen molar-refractivity contribution < 1.29 is 9.32 Å². The third-order valence-electron chi connectivity index (χ3n) is 4.71. The van der Waals surface area contributed by atoms with E-state index in [4.69, 9.17) is 4.52 Å². The van der Waals surface area contributed by atoms with E-state index in [2.05, 4.69) is 15.1 Å². The number of rotatable bonds is 2. The van der Waals surface area contributed by atoms with Gasteiger partial charge in [0.2, 0.25) is 5.89 Å². The van der Waals surface area contributed by atoms with Gasteiger partial charge in [-0.25, -0.2) is 4.98 Å². The first-order valence-corrected chi connectivity index (χ1v) is 8.09. The Bertz CT molecular complexity index is 926. The third-order valence-corrected chi connectivity index (χ3v) is 4.71. The van der Waals surface area contributed by atoms with E-state index >= 15 is 0 Å². The van der Waals surface area contributed by atoms with Gasteiger partial charge >= 0.3 is 0 Å². The lowest BCUT2D eigenvalue weighted by Crippen LogP contribution is -2.31. The molecule has 124 valence electrons. The average Bonchev–Trinajstić information content (AvgIpc) is 3.27. The fourth-order valence-corrected chi connectivity index (χ4v) is 3.35. The van der Waals surface area contributed by atoms with Crippen molar-refractivity contribution in [2.75, 3.05) is 6.54 Å². The van der Waals surface area contributed by atoms with Gasteiger partial charge in [-0.1, -0.05) is 5.16 Å². The SMILES string of the molecule is Cc1nc(C2CCCN2C(=O)c2ccc3c(c2)nc(C)n3C)no1. The molecule has 0 radical (unpaired) electrons. The fraction of sp³-hybridized carbons (Fsp3) is 0.412. The normalized spacial score (nSPS) is 17.8. The molecule has 1 aromatic carbocycles. The van der Waals surface area contributed by atoms with Gasteiger partial charge in [-0.3, -0.25) is 4.79 Å². The Morgan fingerprint density at radius 1 is 1.29 bits per heavy atom. The fourth-order valence-electron chi connectivity index (χ4n) is 3.35. The van der Waals surface area contributed by atoms with Gasteiger partial charge in [0.1, 0.15) is 5.82 Å². The first-order valence-electron chi connectivity index (χ1n) is 8.09. The van der Waals surface area contributed by atoms with Crippen molar-refractivity contribution in [1.82, 2.24) is 24.6 Å². The molecule has 0 aliphatic carbocycles. The number of carbonyl (C=O) groups is 1. The molecule has 1 unspecified atom stereocenters. The van der Waals surface area contributed by atoms with Gasteiger partial charge in [0.05, 0.1) is 17.1 Å². The lowest BCUT2D eigenvalue weighted by atomic mass is 10.1. The van der Waals surface area contributed by atoms with Crippen LogP contribution in [0, 0.1) is 13.8 Å². The Labute approximate surface area is 139 Å². The van der Waals surface area contributed by atoms with E-state index < -0.39 is 0 Å². The van der Waals surface area contributed by atoms with Crippen LogP contribution in [0.15, 0.2) is 22.7 Å². The Kier molecular flexibility index (Phi) is 3.37. The molecule has 3 aromatic rings. The second-order valence-corrected chi connectivity index (χ2v) is 6.25. The molecule has 3 heterocycles. The van der Waals surface area contributed by atoms with E-state index in [1.165, 1.54) is 0 Å². The van der Waals surface area contributed by atoms with Crippen molar-refractivity contribution in [3.63, 3.8) is 0 Å². The van der Waals surface area contributed by atoms with Crippen molar-refractivity contribution in [2.45, 2.75) is 32.7 Å². The molecule has 0 N–H and O–H groups in total. The molecule has 0 spiro atoms. The minimum absolute atomic E-state index is 0.00911. The Hall–Kier alpha value is -2.70. The third kappa shape index (κ3) is 2.28. The largest absolute Gasteiger partial charge is 0.340 e. The summed E-state index contributed by atoms with van der Waals surface area (Å²) in [6.45, 7) is 4.42. The molecule has 0 bridgehead atoms. The summed E-state index contributed by atoms with van der Waals surface area (Å²) in [4.78, 5) is 23.6. The Balaban J connectivity index is 1.67. The van der Waals surface area contributed by atoms with Gasteiger partial charge in [0, 0.05) is 26.1 Å². The number of benzene rings is 1. The molecule has 1 aliphatic rings. The number of likely N-dealkylation sites (tertiary alicyclic amines) is 1. The van der Waals surface area contributed by atoms with Crippen LogP contribution >= 0.6 is 0 Å². The van der Waals surface area contributed by atoms with E-state index in [9.17, 15) is 4.79 Å². The summed E-state index contributed by atoms with van der Waals surface area (Å²) in [7, 11) is 1.97. The second kappa shape index (κ2) is 5.43. The predicted molar refractivity (Wildman–Crippen MR) is 87.5 cm³/mol. The van der Waals surface area contributed by atoms with Crippen molar-refractivity contribution in [2.24, 2.45) is 7.05 Å². The zero-order valence-corrected chi connectivity index (χ0v) is 14.0. The summed E-state index contributed by atoms with van der Waals surface area (Å²) in [6, 6.07) is 5.56. The molecule has 1 atom stereocenters. The molecule has 1 amide bonds. The van der Waals surface area contributed by atoms with Gasteiger partial charge in [-0.2, -0.15) is 4.98 Å². The van der Waals surface area contributed by atoms with Crippen molar-refractivity contribution >= 4 is 16.9 Å². The maximum Gasteiger partial charge on any atom is 0.254 e. The first kappa shape index (κ1) is 14.9. The lowest BCUT2D eigenvalue weighted by Gasteiger charge is -2.22. The molecule has 4 rings (SSSR count). The molecule has 1 saturated heterocycles. The van der Waals surface area contributed by atoms with Gasteiger partial charge < -0.3 is 14.0 Å². The van der Waals surface area contributed by atoms with Crippen LogP contribution in [0.1, 0.15) is 46.8 Å². The van der Waals surface area contributed by atoms with Crippen LogP contribution in [0.4, 0.5) is 0 Å². The Morgan fingerprint density at radius 3 is 2.88 bits per heavy atom. The smallest absolute Gasteiger partial charge is 0.254 e. The molecule has 2 aromatic heterocycles. The van der Waals surface area contributed by atoms with Gasteiger partial charge in [-0.15, -0.1) is 0 Å². The molecule has 7 nitrogen and oxygen atoms in total. The summed E-state index contributed by atoms with van der Waals surface area (Å²) in [5.74, 6) is 2.03. The van der Waals surface area contributed by atoms with Crippen LogP contribution in [0.3, 0.4) is 0 Å². The molecule has 7 heteroatoms. The number of nitrogens with zero attached hydrogens (tertiary/aromatic N) is 5. The number of aromatic nitrogens is 4. The van der Waals surface area contributed by atoms with Crippen LogP contribution in [-0.2, 0) is 7.05 Å². The van der Waals surface area contributed by atoms with Crippen LogP contribution in [0.25, 0.3) is 11.0 Å². The summed E-state index contributed by atoms with van der Waals surface area (Å²) < 4.78 is 7.09. The quantitative estimate of drug-likeness (QED) is 0.723. The maximum absolute atomic E-state index is 13.0. The zero-order valence-electron chi connectivity index (χ0n) is 14.0. The van der Waals surface area contributed by atoms with Gasteiger partial charge in [-0.05, 0) is 38.0 Å². The van der Waals surface area contributed by atoms with Gasteiger partial charge in [0.25, 0.3) is 5.91 Å². The van der Waals surface area contributed by atoms with E-state index in [1.54, 1.807) is 6.92 Å². The standard InChI is InChI=1S/C17H19N5O2/c1-10-18-13-9-12(6-7-14(13)21(10)3)17(23)22-8-4-5-15(22)16-19-11(2)24-20-16/h6-7,9,15H,4-5,8H2,1-3H3. The zero-order chi connectivity index (χ0) is 16.8.